The largest absolute Gasteiger partial charge is 0.497 e. The zero-order chi connectivity index (χ0) is 23.8. The number of methoxy groups -OCH3 is 1. The van der Waals surface area contributed by atoms with Gasteiger partial charge in [-0.05, 0) is 66.6 Å². The summed E-state index contributed by atoms with van der Waals surface area (Å²) in [6, 6.07) is 17.2. The highest BCUT2D eigenvalue weighted by Gasteiger charge is 2.43. The predicted molar refractivity (Wildman–Crippen MR) is 126 cm³/mol. The molecule has 6 nitrogen and oxygen atoms in total. The van der Waals surface area contributed by atoms with Gasteiger partial charge in [-0.25, -0.2) is 4.39 Å². The van der Waals surface area contributed by atoms with E-state index in [2.05, 4.69) is 0 Å². The Morgan fingerprint density at radius 2 is 1.79 bits per heavy atom. The molecule has 1 aliphatic rings. The molecule has 172 valence electrons. The Bertz CT molecular complexity index is 1440. The van der Waals surface area contributed by atoms with E-state index < -0.39 is 23.2 Å². The van der Waals surface area contributed by atoms with Crippen LogP contribution in [0.5, 0.6) is 11.5 Å². The fourth-order valence-corrected chi connectivity index (χ4v) is 4.26. The average Bonchev–Trinajstić information content (AvgIpc) is 3.16. The molecular formula is C27H22FNO5. The number of ether oxygens (including phenoxy) is 2. The summed E-state index contributed by atoms with van der Waals surface area (Å²) in [7, 11) is 1.56. The monoisotopic (exact) mass is 459 g/mol. The first kappa shape index (κ1) is 21.7. The summed E-state index contributed by atoms with van der Waals surface area (Å²) in [4.78, 5) is 28.7. The first-order chi connectivity index (χ1) is 16.5. The Hall–Kier alpha value is -4.13. The van der Waals surface area contributed by atoms with Gasteiger partial charge in [-0.15, -0.1) is 0 Å². The van der Waals surface area contributed by atoms with Crippen LogP contribution in [0.1, 0.15) is 41.1 Å². The molecular weight excluding hydrogens is 437 g/mol. The van der Waals surface area contributed by atoms with Gasteiger partial charge in [0.15, 0.2) is 5.43 Å². The van der Waals surface area contributed by atoms with Crippen molar-refractivity contribution >= 4 is 22.6 Å². The standard InChI is InChI=1S/C27H22FNO5/c1-3-13-33-20-6-4-5-16(14-20)24-23-25(30)21-15-17(28)7-12-22(21)34-26(23)27(31)29(24)18-8-10-19(32-2)11-9-18/h4-12,14-15,24H,3,13H2,1-2H3. The third-order valence-corrected chi connectivity index (χ3v) is 5.83. The summed E-state index contributed by atoms with van der Waals surface area (Å²) in [5, 5.41) is 0.0894. The number of benzene rings is 3. The fourth-order valence-electron chi connectivity index (χ4n) is 4.26. The normalized spacial score (nSPS) is 15.0. The van der Waals surface area contributed by atoms with E-state index in [4.69, 9.17) is 13.9 Å². The highest BCUT2D eigenvalue weighted by molar-refractivity contribution is 6.10. The van der Waals surface area contributed by atoms with Gasteiger partial charge in [0.1, 0.15) is 22.9 Å². The van der Waals surface area contributed by atoms with Crippen LogP contribution < -0.4 is 19.8 Å². The maximum Gasteiger partial charge on any atom is 0.295 e. The van der Waals surface area contributed by atoms with Crippen LogP contribution >= 0.6 is 0 Å². The SMILES string of the molecule is CCCOc1cccc(C2c3c(oc4ccc(F)cc4c3=O)C(=O)N2c2ccc(OC)cc2)c1. The first-order valence-corrected chi connectivity index (χ1v) is 11.0. The van der Waals surface area contributed by atoms with Gasteiger partial charge in [-0.2, -0.15) is 0 Å². The second kappa shape index (κ2) is 8.67. The second-order valence-electron chi connectivity index (χ2n) is 8.01. The summed E-state index contributed by atoms with van der Waals surface area (Å²) in [6.07, 6.45) is 0.841. The summed E-state index contributed by atoms with van der Waals surface area (Å²) in [6.45, 7) is 2.55. The lowest BCUT2D eigenvalue weighted by Crippen LogP contribution is -2.29. The van der Waals surface area contributed by atoms with E-state index in [0.29, 0.717) is 29.4 Å². The predicted octanol–water partition coefficient (Wildman–Crippen LogP) is 5.48. The average molecular weight is 459 g/mol. The molecule has 0 N–H and O–H groups in total. The molecule has 1 aliphatic heterocycles. The van der Waals surface area contributed by atoms with Crippen molar-refractivity contribution in [1.82, 2.24) is 0 Å². The topological polar surface area (TPSA) is 69.0 Å². The van der Waals surface area contributed by atoms with E-state index in [0.717, 1.165) is 12.5 Å². The van der Waals surface area contributed by atoms with Crippen LogP contribution in [0.15, 0.2) is 75.9 Å². The van der Waals surface area contributed by atoms with Crippen LogP contribution in [-0.4, -0.2) is 19.6 Å². The molecule has 0 bridgehead atoms. The minimum atomic E-state index is -0.773. The minimum Gasteiger partial charge on any atom is -0.497 e. The summed E-state index contributed by atoms with van der Waals surface area (Å²) < 4.78 is 30.9. The van der Waals surface area contributed by atoms with Crippen molar-refractivity contribution in [2.24, 2.45) is 0 Å². The van der Waals surface area contributed by atoms with Gasteiger partial charge in [0, 0.05) is 5.69 Å². The number of hydrogen-bond acceptors (Lipinski definition) is 5. The van der Waals surface area contributed by atoms with Crippen molar-refractivity contribution in [2.45, 2.75) is 19.4 Å². The lowest BCUT2D eigenvalue weighted by Gasteiger charge is -2.25. The van der Waals surface area contributed by atoms with Crippen LogP contribution in [0.4, 0.5) is 10.1 Å². The van der Waals surface area contributed by atoms with E-state index >= 15 is 0 Å². The molecule has 0 aliphatic carbocycles. The van der Waals surface area contributed by atoms with E-state index in [1.807, 2.05) is 31.2 Å². The van der Waals surface area contributed by atoms with Crippen LogP contribution in [0.2, 0.25) is 0 Å². The lowest BCUT2D eigenvalue weighted by atomic mass is 9.98. The van der Waals surface area contributed by atoms with Gasteiger partial charge in [-0.3, -0.25) is 14.5 Å². The quantitative estimate of drug-likeness (QED) is 0.382. The first-order valence-electron chi connectivity index (χ1n) is 11.0. The Balaban J connectivity index is 1.74. The summed E-state index contributed by atoms with van der Waals surface area (Å²) in [5.41, 5.74) is 1.14. The molecule has 1 atom stereocenters. The Morgan fingerprint density at radius 1 is 1.00 bits per heavy atom. The van der Waals surface area contributed by atoms with Crippen molar-refractivity contribution in [1.29, 1.82) is 0 Å². The van der Waals surface area contributed by atoms with Gasteiger partial charge in [-0.1, -0.05) is 19.1 Å². The Kier molecular flexibility index (Phi) is 5.53. The molecule has 3 aromatic carbocycles. The number of anilines is 1. The van der Waals surface area contributed by atoms with Crippen LogP contribution in [0.3, 0.4) is 0 Å². The number of nitrogens with zero attached hydrogens (tertiary/aromatic N) is 1. The Morgan fingerprint density at radius 3 is 2.53 bits per heavy atom. The molecule has 1 amide bonds. The van der Waals surface area contributed by atoms with Crippen molar-refractivity contribution in [3.05, 3.63) is 99.7 Å². The summed E-state index contributed by atoms with van der Waals surface area (Å²) >= 11 is 0. The Labute approximate surface area is 195 Å². The van der Waals surface area contributed by atoms with Crippen molar-refractivity contribution < 1.29 is 23.1 Å². The van der Waals surface area contributed by atoms with Crippen molar-refractivity contribution in [3.8, 4) is 11.5 Å². The number of fused-ring (bicyclic) bond motifs is 2. The van der Waals surface area contributed by atoms with Crippen molar-refractivity contribution in [3.63, 3.8) is 0 Å². The van der Waals surface area contributed by atoms with E-state index in [9.17, 15) is 14.0 Å². The number of halogens is 1. The highest BCUT2D eigenvalue weighted by Crippen LogP contribution is 2.42. The van der Waals surface area contributed by atoms with E-state index in [1.165, 1.54) is 17.0 Å². The van der Waals surface area contributed by atoms with Gasteiger partial charge >= 0.3 is 0 Å². The molecule has 0 saturated heterocycles. The smallest absolute Gasteiger partial charge is 0.295 e. The van der Waals surface area contributed by atoms with E-state index in [-0.39, 0.29) is 22.3 Å². The maximum absolute atomic E-state index is 14.0. The number of carbonyl (C=O) groups is 1. The van der Waals surface area contributed by atoms with Crippen molar-refractivity contribution in [2.75, 3.05) is 18.6 Å². The maximum atomic E-state index is 14.0. The van der Waals surface area contributed by atoms with Crippen LogP contribution in [0.25, 0.3) is 11.0 Å². The molecule has 0 radical (unpaired) electrons. The van der Waals surface area contributed by atoms with Gasteiger partial charge in [0.05, 0.1) is 30.7 Å². The number of carbonyl (C=O) groups excluding carboxylic acids is 1. The van der Waals surface area contributed by atoms with Crippen LogP contribution in [0, 0.1) is 5.82 Å². The number of amides is 1. The number of rotatable bonds is 6. The van der Waals surface area contributed by atoms with Gasteiger partial charge in [0.25, 0.3) is 5.91 Å². The van der Waals surface area contributed by atoms with Crippen LogP contribution in [-0.2, 0) is 0 Å². The molecule has 0 fully saturated rings. The third kappa shape index (κ3) is 3.59. The third-order valence-electron chi connectivity index (χ3n) is 5.83. The molecule has 1 unspecified atom stereocenters. The molecule has 4 aromatic rings. The van der Waals surface area contributed by atoms with E-state index in [1.54, 1.807) is 31.4 Å². The molecule has 7 heteroatoms. The number of hydrogen-bond donors (Lipinski definition) is 0. The highest BCUT2D eigenvalue weighted by atomic mass is 19.1. The molecule has 0 spiro atoms. The fraction of sp³-hybridized carbons (Fsp3) is 0.185. The molecule has 1 aromatic heterocycles. The van der Waals surface area contributed by atoms with Gasteiger partial charge < -0.3 is 13.9 Å². The zero-order valence-corrected chi connectivity index (χ0v) is 18.7. The second-order valence-corrected chi connectivity index (χ2v) is 8.01. The van der Waals surface area contributed by atoms with Gasteiger partial charge in [0.2, 0.25) is 5.76 Å². The molecule has 0 saturated carbocycles. The molecule has 5 rings (SSSR count). The summed E-state index contributed by atoms with van der Waals surface area (Å²) in [5.74, 6) is 0.210. The lowest BCUT2D eigenvalue weighted by molar-refractivity contribution is 0.0971. The zero-order valence-electron chi connectivity index (χ0n) is 18.7. The molecule has 2 heterocycles. The molecule has 34 heavy (non-hydrogen) atoms. The minimum absolute atomic E-state index is 0.0511.